The number of amides is 1. The standard InChI is InChI=1S/C12H11IN4O3.K/c1-5-4-6(2-3-7(5)13)17-10(12(19)20)8(14)9(16-17)11(15)18;/h2-4H,14H2,1H3,(H2,15,18)(H,19,20);/q;+1/p-1. The van der Waals surface area contributed by atoms with Gasteiger partial charge in [-0.25, -0.2) is 4.68 Å². The predicted molar refractivity (Wildman–Crippen MR) is 78.3 cm³/mol. The van der Waals surface area contributed by atoms with Crippen LogP contribution in [0.4, 0.5) is 5.69 Å². The summed E-state index contributed by atoms with van der Waals surface area (Å²) in [5.74, 6) is -2.43. The maximum Gasteiger partial charge on any atom is 1.00 e. The third-order valence-electron chi connectivity index (χ3n) is 2.73. The molecule has 0 unspecified atom stereocenters. The number of nitrogen functional groups attached to an aromatic ring is 1. The van der Waals surface area contributed by atoms with Gasteiger partial charge in [-0.15, -0.1) is 0 Å². The number of halogens is 1. The fourth-order valence-electron chi connectivity index (χ4n) is 1.76. The van der Waals surface area contributed by atoms with Crippen LogP contribution in [-0.4, -0.2) is 21.7 Å². The van der Waals surface area contributed by atoms with Gasteiger partial charge >= 0.3 is 51.4 Å². The summed E-state index contributed by atoms with van der Waals surface area (Å²) in [5, 5.41) is 15.1. The zero-order valence-corrected chi connectivity index (χ0v) is 16.7. The number of rotatable bonds is 3. The fraction of sp³-hybridized carbons (Fsp3) is 0.0833. The van der Waals surface area contributed by atoms with E-state index in [1.165, 1.54) is 0 Å². The van der Waals surface area contributed by atoms with Crippen LogP contribution < -0.4 is 68.0 Å². The van der Waals surface area contributed by atoms with Gasteiger partial charge in [0.25, 0.3) is 5.91 Å². The van der Waals surface area contributed by atoms with Crippen molar-refractivity contribution in [3.05, 3.63) is 38.7 Å². The molecule has 0 spiro atoms. The first-order valence-electron chi connectivity index (χ1n) is 5.49. The average molecular weight is 424 g/mol. The minimum absolute atomic E-state index is 0. The van der Waals surface area contributed by atoms with Crippen molar-refractivity contribution in [1.29, 1.82) is 0 Å². The molecule has 2 rings (SSSR count). The van der Waals surface area contributed by atoms with Crippen LogP contribution >= 0.6 is 22.6 Å². The van der Waals surface area contributed by atoms with Gasteiger partial charge in [-0.1, -0.05) is 0 Å². The Morgan fingerprint density at radius 2 is 2.00 bits per heavy atom. The molecule has 4 N–H and O–H groups in total. The van der Waals surface area contributed by atoms with E-state index in [2.05, 4.69) is 27.7 Å². The molecule has 21 heavy (non-hydrogen) atoms. The number of aromatic carboxylic acids is 1. The molecular formula is C12H10IKN4O3. The van der Waals surface area contributed by atoms with E-state index in [0.717, 1.165) is 13.8 Å². The van der Waals surface area contributed by atoms with Crippen LogP contribution in [0.5, 0.6) is 0 Å². The molecule has 2 aromatic rings. The molecule has 1 aromatic heterocycles. The minimum atomic E-state index is -1.53. The van der Waals surface area contributed by atoms with Crippen LogP contribution in [0.25, 0.3) is 5.69 Å². The van der Waals surface area contributed by atoms with Gasteiger partial charge in [-0.05, 0) is 53.3 Å². The Balaban J connectivity index is 0.00000220. The molecule has 0 bridgehead atoms. The number of nitrogens with two attached hydrogens (primary N) is 2. The first kappa shape index (κ1) is 18.6. The number of benzene rings is 1. The Kier molecular flexibility index (Phi) is 6.37. The number of carbonyl (C=O) groups excluding carboxylic acids is 2. The summed E-state index contributed by atoms with van der Waals surface area (Å²) in [6.07, 6.45) is 0. The second-order valence-electron chi connectivity index (χ2n) is 4.11. The summed E-state index contributed by atoms with van der Waals surface area (Å²) in [5.41, 5.74) is 11.1. The van der Waals surface area contributed by atoms with Gasteiger partial charge in [0.1, 0.15) is 5.69 Å². The summed E-state index contributed by atoms with van der Waals surface area (Å²) in [7, 11) is 0. The SMILES string of the molecule is Cc1cc(-n2nc(C(N)=O)c(N)c2C(=O)[O-])ccc1I.[K+]. The molecule has 0 atom stereocenters. The van der Waals surface area contributed by atoms with Gasteiger partial charge in [0.2, 0.25) is 0 Å². The topological polar surface area (TPSA) is 127 Å². The molecule has 0 aliphatic carbocycles. The van der Waals surface area contributed by atoms with E-state index < -0.39 is 11.9 Å². The Labute approximate surface area is 176 Å². The molecular weight excluding hydrogens is 414 g/mol. The van der Waals surface area contributed by atoms with Crippen molar-refractivity contribution >= 4 is 40.2 Å². The smallest absolute Gasteiger partial charge is 0.543 e. The Morgan fingerprint density at radius 1 is 1.38 bits per heavy atom. The number of carbonyl (C=O) groups is 2. The van der Waals surface area contributed by atoms with Crippen molar-refractivity contribution in [2.45, 2.75) is 6.92 Å². The number of aryl methyl sites for hydroxylation is 1. The van der Waals surface area contributed by atoms with Gasteiger partial charge in [-0.2, -0.15) is 5.10 Å². The summed E-state index contributed by atoms with van der Waals surface area (Å²) in [4.78, 5) is 22.4. The number of primary amides is 1. The molecule has 9 heteroatoms. The number of aromatic nitrogens is 2. The predicted octanol–water partition coefficient (Wildman–Crippen LogP) is -3.17. The van der Waals surface area contributed by atoms with Crippen LogP contribution in [0.2, 0.25) is 0 Å². The van der Waals surface area contributed by atoms with Crippen LogP contribution in [0, 0.1) is 10.5 Å². The number of hydrogen-bond donors (Lipinski definition) is 2. The maximum absolute atomic E-state index is 11.2. The Morgan fingerprint density at radius 3 is 2.48 bits per heavy atom. The molecule has 1 heterocycles. The molecule has 0 saturated heterocycles. The van der Waals surface area contributed by atoms with Crippen molar-refractivity contribution in [1.82, 2.24) is 9.78 Å². The number of hydrogen-bond acceptors (Lipinski definition) is 5. The molecule has 0 aliphatic rings. The molecule has 0 aliphatic heterocycles. The molecule has 1 amide bonds. The number of nitrogens with zero attached hydrogens (tertiary/aromatic N) is 2. The second-order valence-corrected chi connectivity index (χ2v) is 5.27. The van der Waals surface area contributed by atoms with E-state index in [0.29, 0.717) is 5.69 Å². The van der Waals surface area contributed by atoms with Crippen LogP contribution in [0.15, 0.2) is 18.2 Å². The number of carboxylic acids is 1. The summed E-state index contributed by atoms with van der Waals surface area (Å²) >= 11 is 2.15. The van der Waals surface area contributed by atoms with Crippen molar-refractivity contribution < 1.29 is 66.1 Å². The van der Waals surface area contributed by atoms with E-state index in [-0.39, 0.29) is 68.5 Å². The average Bonchev–Trinajstić information content (AvgIpc) is 2.70. The van der Waals surface area contributed by atoms with Gasteiger partial charge in [0.05, 0.1) is 17.3 Å². The van der Waals surface area contributed by atoms with Crippen LogP contribution in [0.1, 0.15) is 26.5 Å². The molecule has 7 nitrogen and oxygen atoms in total. The minimum Gasteiger partial charge on any atom is -0.543 e. The fourth-order valence-corrected chi connectivity index (χ4v) is 2.09. The first-order chi connectivity index (χ1) is 9.32. The van der Waals surface area contributed by atoms with Crippen molar-refractivity contribution in [3.63, 3.8) is 0 Å². The first-order valence-corrected chi connectivity index (χ1v) is 6.57. The van der Waals surface area contributed by atoms with E-state index in [4.69, 9.17) is 11.5 Å². The van der Waals surface area contributed by atoms with Gasteiger partial charge in [0, 0.05) is 3.57 Å². The second kappa shape index (κ2) is 7.20. The van der Waals surface area contributed by atoms with E-state index in [1.54, 1.807) is 18.2 Å². The molecule has 104 valence electrons. The summed E-state index contributed by atoms with van der Waals surface area (Å²) < 4.78 is 2.06. The van der Waals surface area contributed by atoms with Gasteiger partial charge in [0.15, 0.2) is 5.69 Å². The Bertz CT molecular complexity index is 730. The molecule has 1 aromatic carbocycles. The summed E-state index contributed by atoms with van der Waals surface area (Å²) in [6, 6.07) is 5.19. The van der Waals surface area contributed by atoms with Gasteiger partial charge < -0.3 is 21.4 Å². The number of carboxylic acid groups (broad SMARTS) is 1. The number of anilines is 1. The third-order valence-corrected chi connectivity index (χ3v) is 3.95. The zero-order valence-electron chi connectivity index (χ0n) is 11.4. The monoisotopic (exact) mass is 424 g/mol. The van der Waals surface area contributed by atoms with Crippen molar-refractivity contribution in [2.75, 3.05) is 5.73 Å². The molecule has 0 fully saturated rings. The summed E-state index contributed by atoms with van der Waals surface area (Å²) in [6.45, 7) is 1.87. The zero-order chi connectivity index (χ0) is 15.0. The Hall–Kier alpha value is -0.464. The third kappa shape index (κ3) is 3.66. The van der Waals surface area contributed by atoms with Gasteiger partial charge in [-0.3, -0.25) is 4.79 Å². The van der Waals surface area contributed by atoms with E-state index >= 15 is 0 Å². The van der Waals surface area contributed by atoms with Crippen LogP contribution in [0.3, 0.4) is 0 Å². The van der Waals surface area contributed by atoms with Crippen LogP contribution in [-0.2, 0) is 0 Å². The quantitative estimate of drug-likeness (QED) is 0.397. The maximum atomic E-state index is 11.2. The van der Waals surface area contributed by atoms with Crippen molar-refractivity contribution in [2.24, 2.45) is 5.73 Å². The normalized spacial score (nSPS) is 10.0. The van der Waals surface area contributed by atoms with Crippen molar-refractivity contribution in [3.8, 4) is 5.69 Å². The van der Waals surface area contributed by atoms with E-state index in [1.807, 2.05) is 6.92 Å². The molecule has 0 saturated carbocycles. The largest absolute Gasteiger partial charge is 1.00 e. The van der Waals surface area contributed by atoms with E-state index in [9.17, 15) is 14.7 Å². The molecule has 0 radical (unpaired) electrons.